The Hall–Kier alpha value is -2.09. The van der Waals surface area contributed by atoms with Crippen molar-refractivity contribution >= 4 is 5.78 Å². The summed E-state index contributed by atoms with van der Waals surface area (Å²) >= 11 is 0. The first-order valence-corrected chi connectivity index (χ1v) is 7.65. The average Bonchev–Trinajstić information content (AvgIpc) is 2.46. The summed E-state index contributed by atoms with van der Waals surface area (Å²) in [5.41, 5.74) is 2.80. The van der Waals surface area contributed by atoms with Crippen LogP contribution < -0.4 is 4.74 Å². The van der Waals surface area contributed by atoms with E-state index in [1.807, 2.05) is 43.3 Å². The van der Waals surface area contributed by atoms with Crippen molar-refractivity contribution in [3.63, 3.8) is 0 Å². The lowest BCUT2D eigenvalue weighted by molar-refractivity contribution is 0.103. The van der Waals surface area contributed by atoms with Crippen molar-refractivity contribution in [1.82, 2.24) is 0 Å². The fourth-order valence-corrected chi connectivity index (χ4v) is 2.71. The Morgan fingerprint density at radius 2 is 1.86 bits per heavy atom. The first kappa shape index (κ1) is 13.9. The van der Waals surface area contributed by atoms with E-state index in [9.17, 15) is 4.79 Å². The van der Waals surface area contributed by atoms with Crippen LogP contribution in [0, 0.1) is 0 Å². The van der Waals surface area contributed by atoms with Gasteiger partial charge in [-0.3, -0.25) is 4.79 Å². The summed E-state index contributed by atoms with van der Waals surface area (Å²) in [7, 11) is 0. The number of hydrogen-bond acceptors (Lipinski definition) is 2. The molecule has 1 saturated carbocycles. The van der Waals surface area contributed by atoms with Crippen LogP contribution in [-0.4, -0.2) is 12.4 Å². The molecule has 0 radical (unpaired) electrons. The molecular weight excluding hydrogens is 260 g/mol. The minimum atomic E-state index is 0.0826. The Morgan fingerprint density at radius 1 is 1.10 bits per heavy atom. The van der Waals surface area contributed by atoms with Crippen molar-refractivity contribution in [2.45, 2.75) is 32.1 Å². The number of carbonyl (C=O) groups excluding carboxylic acids is 1. The Morgan fingerprint density at radius 3 is 2.48 bits per heavy atom. The molecule has 1 fully saturated rings. The molecule has 0 unspecified atom stereocenters. The standard InChI is InChI=1S/C19H20O2/c1-2-21-18-11-9-15(10-12-18)19(20)17-8-4-7-16(13-17)14-5-3-6-14/h4,7-14H,2-3,5-6H2,1H3. The molecule has 0 heterocycles. The second-order valence-corrected chi connectivity index (χ2v) is 5.54. The molecule has 1 aliphatic carbocycles. The van der Waals surface area contributed by atoms with Crippen LogP contribution in [0.1, 0.15) is 53.6 Å². The highest BCUT2D eigenvalue weighted by Crippen LogP contribution is 2.36. The van der Waals surface area contributed by atoms with Crippen LogP contribution in [0.25, 0.3) is 0 Å². The van der Waals surface area contributed by atoms with Crippen molar-refractivity contribution in [2.24, 2.45) is 0 Å². The fourth-order valence-electron chi connectivity index (χ4n) is 2.71. The number of ether oxygens (including phenoxy) is 1. The molecule has 0 amide bonds. The zero-order valence-corrected chi connectivity index (χ0v) is 12.3. The summed E-state index contributed by atoms with van der Waals surface area (Å²) in [6, 6.07) is 15.5. The Labute approximate surface area is 125 Å². The van der Waals surface area contributed by atoms with Gasteiger partial charge in [0.25, 0.3) is 0 Å². The number of hydrogen-bond donors (Lipinski definition) is 0. The van der Waals surface area contributed by atoms with E-state index in [4.69, 9.17) is 4.74 Å². The van der Waals surface area contributed by atoms with Gasteiger partial charge in [0.2, 0.25) is 0 Å². The van der Waals surface area contributed by atoms with Crippen LogP contribution in [0.15, 0.2) is 48.5 Å². The minimum absolute atomic E-state index is 0.0826. The van der Waals surface area contributed by atoms with Crippen LogP contribution in [-0.2, 0) is 0 Å². The minimum Gasteiger partial charge on any atom is -0.494 e. The van der Waals surface area contributed by atoms with Gasteiger partial charge in [-0.1, -0.05) is 24.6 Å². The molecule has 0 aromatic heterocycles. The molecule has 0 N–H and O–H groups in total. The van der Waals surface area contributed by atoms with Gasteiger partial charge < -0.3 is 4.74 Å². The topological polar surface area (TPSA) is 26.3 Å². The number of carbonyl (C=O) groups is 1. The van der Waals surface area contributed by atoms with E-state index in [0.717, 1.165) is 11.3 Å². The third-order valence-corrected chi connectivity index (χ3v) is 4.15. The fraction of sp³-hybridized carbons (Fsp3) is 0.316. The molecule has 2 aromatic rings. The van der Waals surface area contributed by atoms with Crippen molar-refractivity contribution < 1.29 is 9.53 Å². The predicted molar refractivity (Wildman–Crippen MR) is 84.1 cm³/mol. The molecule has 2 nitrogen and oxygen atoms in total. The van der Waals surface area contributed by atoms with Gasteiger partial charge in [0.05, 0.1) is 6.61 Å². The molecule has 0 aliphatic heterocycles. The first-order valence-electron chi connectivity index (χ1n) is 7.65. The van der Waals surface area contributed by atoms with Gasteiger partial charge in [-0.05, 0) is 61.6 Å². The lowest BCUT2D eigenvalue weighted by Crippen LogP contribution is -2.10. The molecule has 2 aromatic carbocycles. The molecular formula is C19H20O2. The van der Waals surface area contributed by atoms with Gasteiger partial charge in [0.1, 0.15) is 5.75 Å². The molecule has 1 aliphatic rings. The number of benzene rings is 2. The van der Waals surface area contributed by atoms with E-state index in [0.29, 0.717) is 18.1 Å². The smallest absolute Gasteiger partial charge is 0.193 e. The second kappa shape index (κ2) is 6.13. The van der Waals surface area contributed by atoms with Gasteiger partial charge in [-0.15, -0.1) is 0 Å². The van der Waals surface area contributed by atoms with Crippen molar-refractivity contribution in [2.75, 3.05) is 6.61 Å². The largest absolute Gasteiger partial charge is 0.494 e. The summed E-state index contributed by atoms with van der Waals surface area (Å²) in [6.07, 6.45) is 3.81. The van der Waals surface area contributed by atoms with Crippen molar-refractivity contribution in [3.8, 4) is 5.75 Å². The SMILES string of the molecule is CCOc1ccc(C(=O)c2cccc(C3CCC3)c2)cc1. The maximum atomic E-state index is 12.6. The Balaban J connectivity index is 1.80. The third-order valence-electron chi connectivity index (χ3n) is 4.15. The molecule has 0 saturated heterocycles. The van der Waals surface area contributed by atoms with Crippen molar-refractivity contribution in [1.29, 1.82) is 0 Å². The van der Waals surface area contributed by atoms with Crippen LogP contribution in [0.5, 0.6) is 5.75 Å². The van der Waals surface area contributed by atoms with Gasteiger partial charge in [-0.25, -0.2) is 0 Å². The van der Waals surface area contributed by atoms with E-state index in [1.165, 1.54) is 24.8 Å². The molecule has 0 spiro atoms. The van der Waals surface area contributed by atoms with Crippen LogP contribution in [0.2, 0.25) is 0 Å². The summed E-state index contributed by atoms with van der Waals surface area (Å²) in [6.45, 7) is 2.59. The maximum Gasteiger partial charge on any atom is 0.193 e. The average molecular weight is 280 g/mol. The Kier molecular flexibility index (Phi) is 4.05. The zero-order valence-electron chi connectivity index (χ0n) is 12.3. The van der Waals surface area contributed by atoms with Crippen LogP contribution in [0.3, 0.4) is 0 Å². The van der Waals surface area contributed by atoms with Crippen molar-refractivity contribution in [3.05, 3.63) is 65.2 Å². The van der Waals surface area contributed by atoms with Crippen LogP contribution >= 0.6 is 0 Å². The maximum absolute atomic E-state index is 12.6. The lowest BCUT2D eigenvalue weighted by atomic mass is 9.79. The molecule has 2 heteroatoms. The van der Waals surface area contributed by atoms with E-state index < -0.39 is 0 Å². The number of ketones is 1. The molecule has 3 rings (SSSR count). The Bertz CT molecular complexity index is 624. The normalized spacial score (nSPS) is 14.5. The third kappa shape index (κ3) is 2.99. The molecule has 108 valence electrons. The summed E-state index contributed by atoms with van der Waals surface area (Å²) in [5.74, 6) is 1.54. The lowest BCUT2D eigenvalue weighted by Gasteiger charge is -2.26. The van der Waals surface area contributed by atoms with Gasteiger partial charge in [0, 0.05) is 11.1 Å². The highest BCUT2D eigenvalue weighted by molar-refractivity contribution is 6.09. The molecule has 0 bridgehead atoms. The van der Waals surface area contributed by atoms with Gasteiger partial charge in [-0.2, -0.15) is 0 Å². The first-order chi connectivity index (χ1) is 10.3. The van der Waals surface area contributed by atoms with Gasteiger partial charge >= 0.3 is 0 Å². The quantitative estimate of drug-likeness (QED) is 0.749. The van der Waals surface area contributed by atoms with Crippen LogP contribution in [0.4, 0.5) is 0 Å². The molecule has 21 heavy (non-hydrogen) atoms. The summed E-state index contributed by atoms with van der Waals surface area (Å²) in [4.78, 5) is 12.6. The van der Waals surface area contributed by atoms with Gasteiger partial charge in [0.15, 0.2) is 5.78 Å². The van der Waals surface area contributed by atoms with E-state index in [2.05, 4.69) is 12.1 Å². The summed E-state index contributed by atoms with van der Waals surface area (Å²) in [5, 5.41) is 0. The highest BCUT2D eigenvalue weighted by atomic mass is 16.5. The zero-order chi connectivity index (χ0) is 14.7. The monoisotopic (exact) mass is 280 g/mol. The second-order valence-electron chi connectivity index (χ2n) is 5.54. The predicted octanol–water partition coefficient (Wildman–Crippen LogP) is 4.58. The van der Waals surface area contributed by atoms with E-state index >= 15 is 0 Å². The van der Waals surface area contributed by atoms with E-state index in [-0.39, 0.29) is 5.78 Å². The van der Waals surface area contributed by atoms with E-state index in [1.54, 1.807) is 0 Å². The highest BCUT2D eigenvalue weighted by Gasteiger charge is 2.20. The molecule has 0 atom stereocenters. The number of rotatable bonds is 5. The summed E-state index contributed by atoms with van der Waals surface area (Å²) < 4.78 is 5.41.